The molecular weight excluding hydrogens is 331 g/mol. The van der Waals surface area contributed by atoms with Crippen LogP contribution in [-0.2, 0) is 17.4 Å². The van der Waals surface area contributed by atoms with Gasteiger partial charge in [0, 0.05) is 5.69 Å². The Morgan fingerprint density at radius 2 is 2.04 bits per heavy atom. The molecule has 1 atom stereocenters. The number of fused-ring (bicyclic) bond motifs is 1. The number of amides is 1. The van der Waals surface area contributed by atoms with E-state index in [-0.39, 0.29) is 17.8 Å². The molecule has 1 N–H and O–H groups in total. The number of benzene rings is 2. The first-order valence-corrected chi connectivity index (χ1v) is 7.77. The van der Waals surface area contributed by atoms with E-state index < -0.39 is 11.7 Å². The first-order chi connectivity index (χ1) is 11.9. The Hall–Kier alpha value is -2.76. The van der Waals surface area contributed by atoms with E-state index in [4.69, 9.17) is 4.74 Å². The van der Waals surface area contributed by atoms with Crippen molar-refractivity contribution in [1.82, 2.24) is 0 Å². The maximum atomic E-state index is 12.8. The molecule has 3 rings (SSSR count). The minimum absolute atomic E-state index is 0.191. The molecule has 1 amide bonds. The summed E-state index contributed by atoms with van der Waals surface area (Å²) < 4.78 is 44.2. The molecule has 1 aliphatic carbocycles. The lowest BCUT2D eigenvalue weighted by atomic mass is 10.1. The molecular formula is C19H16F3NO2. The van der Waals surface area contributed by atoms with Crippen LogP contribution in [0, 0.1) is 0 Å². The maximum Gasteiger partial charge on any atom is 0.416 e. The van der Waals surface area contributed by atoms with Crippen molar-refractivity contribution in [2.75, 3.05) is 5.32 Å². The number of ether oxygens (including phenoxy) is 1. The standard InChI is InChI=1S/C19H16F3NO2/c1-2-18(24)23-14-7-8-16-12(10-14)6-9-17(16)25-15-5-3-4-13(11-15)19(20,21)22/h2-5,7-8,10-11,17H,1,6,9H2,(H,23,24)/t17-/m1/s1. The summed E-state index contributed by atoms with van der Waals surface area (Å²) in [4.78, 5) is 11.4. The lowest BCUT2D eigenvalue weighted by molar-refractivity contribution is -0.137. The van der Waals surface area contributed by atoms with E-state index in [0.29, 0.717) is 12.1 Å². The lowest BCUT2D eigenvalue weighted by Gasteiger charge is -2.16. The van der Waals surface area contributed by atoms with Gasteiger partial charge >= 0.3 is 6.18 Å². The number of alkyl halides is 3. The van der Waals surface area contributed by atoms with Gasteiger partial charge in [-0.1, -0.05) is 18.7 Å². The first-order valence-electron chi connectivity index (χ1n) is 7.77. The zero-order chi connectivity index (χ0) is 18.0. The predicted octanol–water partition coefficient (Wildman–Crippen LogP) is 4.90. The van der Waals surface area contributed by atoms with E-state index >= 15 is 0 Å². The molecule has 0 aliphatic heterocycles. The number of hydrogen-bond donors (Lipinski definition) is 1. The summed E-state index contributed by atoms with van der Waals surface area (Å²) in [6.45, 7) is 3.40. The summed E-state index contributed by atoms with van der Waals surface area (Å²) in [7, 11) is 0. The molecule has 0 bridgehead atoms. The highest BCUT2D eigenvalue weighted by Crippen LogP contribution is 2.38. The summed E-state index contributed by atoms with van der Waals surface area (Å²) in [5.41, 5.74) is 1.86. The number of halogens is 3. The van der Waals surface area contributed by atoms with Crippen LogP contribution in [0.4, 0.5) is 18.9 Å². The number of carbonyl (C=O) groups is 1. The van der Waals surface area contributed by atoms with Crippen molar-refractivity contribution in [2.24, 2.45) is 0 Å². The third kappa shape index (κ3) is 3.84. The Kier molecular flexibility index (Phi) is 4.53. The van der Waals surface area contributed by atoms with Gasteiger partial charge in [0.15, 0.2) is 0 Å². The number of hydrogen-bond acceptors (Lipinski definition) is 2. The molecule has 0 saturated carbocycles. The highest BCUT2D eigenvalue weighted by Gasteiger charge is 2.31. The summed E-state index contributed by atoms with van der Waals surface area (Å²) in [5, 5.41) is 2.69. The molecule has 25 heavy (non-hydrogen) atoms. The van der Waals surface area contributed by atoms with E-state index in [9.17, 15) is 18.0 Å². The monoisotopic (exact) mass is 347 g/mol. The molecule has 0 saturated heterocycles. The topological polar surface area (TPSA) is 38.3 Å². The molecule has 2 aromatic carbocycles. The Balaban J connectivity index is 1.77. The van der Waals surface area contributed by atoms with E-state index in [1.807, 2.05) is 12.1 Å². The highest BCUT2D eigenvalue weighted by molar-refractivity contribution is 5.98. The second-order valence-corrected chi connectivity index (χ2v) is 5.78. The van der Waals surface area contributed by atoms with Gasteiger partial charge < -0.3 is 10.1 Å². The average Bonchev–Trinajstić information content (AvgIpc) is 2.96. The molecule has 3 nitrogen and oxygen atoms in total. The van der Waals surface area contributed by atoms with Crippen LogP contribution in [0.1, 0.15) is 29.2 Å². The van der Waals surface area contributed by atoms with Crippen molar-refractivity contribution in [2.45, 2.75) is 25.1 Å². The minimum atomic E-state index is -4.40. The van der Waals surface area contributed by atoms with Crippen LogP contribution >= 0.6 is 0 Å². The van der Waals surface area contributed by atoms with E-state index in [1.165, 1.54) is 18.2 Å². The van der Waals surface area contributed by atoms with Crippen molar-refractivity contribution in [3.63, 3.8) is 0 Å². The molecule has 0 radical (unpaired) electrons. The Labute approximate surface area is 143 Å². The molecule has 130 valence electrons. The smallest absolute Gasteiger partial charge is 0.416 e. The molecule has 2 aromatic rings. The number of carbonyl (C=O) groups excluding carboxylic acids is 1. The van der Waals surface area contributed by atoms with Crippen LogP contribution < -0.4 is 10.1 Å². The normalized spacial score (nSPS) is 16.2. The van der Waals surface area contributed by atoms with Gasteiger partial charge in [-0.15, -0.1) is 0 Å². The van der Waals surface area contributed by atoms with Gasteiger partial charge in [-0.25, -0.2) is 0 Å². The van der Waals surface area contributed by atoms with Gasteiger partial charge in [-0.2, -0.15) is 13.2 Å². The van der Waals surface area contributed by atoms with Gasteiger partial charge in [-0.05, 0) is 60.4 Å². The number of aryl methyl sites for hydroxylation is 1. The third-order valence-electron chi connectivity index (χ3n) is 4.06. The second-order valence-electron chi connectivity index (χ2n) is 5.78. The van der Waals surface area contributed by atoms with Gasteiger partial charge in [0.05, 0.1) is 5.56 Å². The Morgan fingerprint density at radius 3 is 2.76 bits per heavy atom. The molecule has 6 heteroatoms. The van der Waals surface area contributed by atoms with Gasteiger partial charge in [-0.3, -0.25) is 4.79 Å². The number of nitrogens with one attached hydrogen (secondary N) is 1. The molecule has 0 fully saturated rings. The van der Waals surface area contributed by atoms with Crippen LogP contribution in [0.15, 0.2) is 55.1 Å². The van der Waals surface area contributed by atoms with E-state index in [2.05, 4.69) is 11.9 Å². The van der Waals surface area contributed by atoms with E-state index in [1.54, 1.807) is 6.07 Å². The molecule has 0 unspecified atom stereocenters. The lowest BCUT2D eigenvalue weighted by Crippen LogP contribution is -2.08. The van der Waals surface area contributed by atoms with Crippen LogP contribution in [0.3, 0.4) is 0 Å². The first kappa shape index (κ1) is 17.1. The number of anilines is 1. The fourth-order valence-corrected chi connectivity index (χ4v) is 2.88. The average molecular weight is 347 g/mol. The van der Waals surface area contributed by atoms with E-state index in [0.717, 1.165) is 29.7 Å². The van der Waals surface area contributed by atoms with Crippen molar-refractivity contribution >= 4 is 11.6 Å². The summed E-state index contributed by atoms with van der Waals surface area (Å²) in [5.74, 6) is -0.105. The zero-order valence-electron chi connectivity index (χ0n) is 13.3. The maximum absolute atomic E-state index is 12.8. The summed E-state index contributed by atoms with van der Waals surface area (Å²) in [6, 6.07) is 10.3. The van der Waals surface area contributed by atoms with Crippen molar-refractivity contribution in [3.8, 4) is 5.75 Å². The SMILES string of the molecule is C=CC(=O)Nc1ccc2c(c1)CC[C@H]2Oc1cccc(C(F)(F)F)c1. The number of rotatable bonds is 4. The third-order valence-corrected chi connectivity index (χ3v) is 4.06. The predicted molar refractivity (Wildman–Crippen MR) is 88.4 cm³/mol. The zero-order valence-corrected chi connectivity index (χ0v) is 13.3. The quantitative estimate of drug-likeness (QED) is 0.799. The Morgan fingerprint density at radius 1 is 1.24 bits per heavy atom. The fraction of sp³-hybridized carbons (Fsp3) is 0.211. The van der Waals surface area contributed by atoms with Crippen molar-refractivity contribution < 1.29 is 22.7 Å². The van der Waals surface area contributed by atoms with Gasteiger partial charge in [0.25, 0.3) is 0 Å². The van der Waals surface area contributed by atoms with Crippen LogP contribution in [-0.4, -0.2) is 5.91 Å². The highest BCUT2D eigenvalue weighted by atomic mass is 19.4. The Bertz CT molecular complexity index is 815. The van der Waals surface area contributed by atoms with Crippen LogP contribution in [0.25, 0.3) is 0 Å². The molecule has 0 aromatic heterocycles. The fourth-order valence-electron chi connectivity index (χ4n) is 2.88. The minimum Gasteiger partial charge on any atom is -0.486 e. The molecule has 0 spiro atoms. The summed E-state index contributed by atoms with van der Waals surface area (Å²) in [6.07, 6.45) is -2.11. The largest absolute Gasteiger partial charge is 0.486 e. The second kappa shape index (κ2) is 6.63. The molecule has 1 aliphatic rings. The van der Waals surface area contributed by atoms with Crippen LogP contribution in [0.2, 0.25) is 0 Å². The van der Waals surface area contributed by atoms with Crippen molar-refractivity contribution in [1.29, 1.82) is 0 Å². The molecule has 0 heterocycles. The van der Waals surface area contributed by atoms with Gasteiger partial charge in [0.1, 0.15) is 11.9 Å². The summed E-state index contributed by atoms with van der Waals surface area (Å²) >= 11 is 0. The van der Waals surface area contributed by atoms with Crippen molar-refractivity contribution in [3.05, 3.63) is 71.8 Å². The van der Waals surface area contributed by atoms with Gasteiger partial charge in [0.2, 0.25) is 5.91 Å². The van der Waals surface area contributed by atoms with Crippen LogP contribution in [0.5, 0.6) is 5.75 Å².